The van der Waals surface area contributed by atoms with E-state index >= 15 is 0 Å². The standard InChI is InChI=1S/C25H23N3O/c1-25(2)20-14-8-10-16-22(20)28(3)23(25)17-26-27-21-15-9-7-13-19(21)24(29)18-11-5-4-6-12-18/h4-17H,1-3H3/b23-17+,27-26?. The molecule has 1 aliphatic heterocycles. The van der Waals surface area contributed by atoms with Gasteiger partial charge in [0.1, 0.15) is 0 Å². The summed E-state index contributed by atoms with van der Waals surface area (Å²) in [6.45, 7) is 4.37. The van der Waals surface area contributed by atoms with Crippen molar-refractivity contribution in [2.45, 2.75) is 19.3 Å². The quantitative estimate of drug-likeness (QED) is 0.395. The van der Waals surface area contributed by atoms with Gasteiger partial charge in [-0.2, -0.15) is 10.2 Å². The Morgan fingerprint density at radius 1 is 0.897 bits per heavy atom. The van der Waals surface area contributed by atoms with Gasteiger partial charge in [-0.05, 0) is 23.8 Å². The van der Waals surface area contributed by atoms with Crippen LogP contribution in [0.4, 0.5) is 11.4 Å². The van der Waals surface area contributed by atoms with E-state index in [1.165, 1.54) is 11.3 Å². The van der Waals surface area contributed by atoms with Crippen LogP contribution in [0.1, 0.15) is 35.3 Å². The molecule has 144 valence electrons. The predicted octanol–water partition coefficient (Wildman–Crippen LogP) is 6.27. The van der Waals surface area contributed by atoms with Crippen molar-refractivity contribution < 1.29 is 4.79 Å². The Hall–Kier alpha value is -3.53. The molecule has 0 N–H and O–H groups in total. The first-order valence-electron chi connectivity index (χ1n) is 9.63. The number of allylic oxidation sites excluding steroid dienone is 1. The number of nitrogens with zero attached hydrogens (tertiary/aromatic N) is 3. The smallest absolute Gasteiger partial charge is 0.195 e. The second-order valence-electron chi connectivity index (χ2n) is 7.64. The number of benzene rings is 3. The third-order valence-electron chi connectivity index (χ3n) is 5.47. The zero-order valence-electron chi connectivity index (χ0n) is 16.8. The molecule has 1 aliphatic rings. The van der Waals surface area contributed by atoms with Gasteiger partial charge in [-0.25, -0.2) is 0 Å². The van der Waals surface area contributed by atoms with Crippen molar-refractivity contribution >= 4 is 17.2 Å². The molecule has 0 aromatic heterocycles. The summed E-state index contributed by atoms with van der Waals surface area (Å²) in [6, 6.07) is 24.9. The predicted molar refractivity (Wildman–Crippen MR) is 117 cm³/mol. The van der Waals surface area contributed by atoms with Crippen molar-refractivity contribution in [1.29, 1.82) is 0 Å². The van der Waals surface area contributed by atoms with Gasteiger partial charge in [-0.15, -0.1) is 0 Å². The van der Waals surface area contributed by atoms with Crippen molar-refractivity contribution in [2.75, 3.05) is 11.9 Å². The zero-order valence-corrected chi connectivity index (χ0v) is 16.8. The van der Waals surface area contributed by atoms with E-state index < -0.39 is 0 Å². The zero-order chi connectivity index (χ0) is 20.4. The van der Waals surface area contributed by atoms with Gasteiger partial charge in [0.15, 0.2) is 5.78 Å². The van der Waals surface area contributed by atoms with Gasteiger partial charge in [0.25, 0.3) is 0 Å². The van der Waals surface area contributed by atoms with Crippen molar-refractivity contribution in [2.24, 2.45) is 10.2 Å². The van der Waals surface area contributed by atoms with Crippen LogP contribution in [-0.4, -0.2) is 12.8 Å². The Kier molecular flexibility index (Phi) is 4.85. The van der Waals surface area contributed by atoms with Crippen LogP contribution in [0.15, 0.2) is 101 Å². The molecule has 0 fully saturated rings. The van der Waals surface area contributed by atoms with E-state index in [2.05, 4.69) is 47.2 Å². The molecular weight excluding hydrogens is 358 g/mol. The molecule has 0 unspecified atom stereocenters. The lowest BCUT2D eigenvalue weighted by Crippen LogP contribution is -2.22. The molecule has 4 rings (SSSR count). The number of anilines is 1. The van der Waals surface area contributed by atoms with Crippen LogP contribution >= 0.6 is 0 Å². The Bertz CT molecular complexity index is 1110. The van der Waals surface area contributed by atoms with Crippen LogP contribution in [0.2, 0.25) is 0 Å². The minimum absolute atomic E-state index is 0.0569. The summed E-state index contributed by atoms with van der Waals surface area (Å²) in [6.07, 6.45) is 1.80. The summed E-state index contributed by atoms with van der Waals surface area (Å²) in [5.74, 6) is -0.0569. The first-order valence-corrected chi connectivity index (χ1v) is 9.63. The number of carbonyl (C=O) groups excluding carboxylic acids is 1. The fraction of sp³-hybridized carbons (Fsp3) is 0.160. The van der Waals surface area contributed by atoms with Crippen molar-refractivity contribution in [3.05, 3.63) is 107 Å². The van der Waals surface area contributed by atoms with Gasteiger partial charge in [-0.1, -0.05) is 74.5 Å². The third kappa shape index (κ3) is 3.38. The fourth-order valence-electron chi connectivity index (χ4n) is 3.87. The molecule has 29 heavy (non-hydrogen) atoms. The molecule has 0 atom stereocenters. The Balaban J connectivity index is 1.65. The van der Waals surface area contributed by atoms with Crippen LogP contribution in [0.3, 0.4) is 0 Å². The lowest BCUT2D eigenvalue weighted by atomic mass is 9.84. The van der Waals surface area contributed by atoms with Gasteiger partial charge in [0.2, 0.25) is 0 Å². The SMILES string of the molecule is CN1/C(=C/N=Nc2ccccc2C(=O)c2ccccc2)C(C)(C)c2ccccc21. The molecule has 4 heteroatoms. The number of rotatable bonds is 4. The number of ketones is 1. The Morgan fingerprint density at radius 3 is 2.31 bits per heavy atom. The van der Waals surface area contributed by atoms with Crippen molar-refractivity contribution in [3.8, 4) is 0 Å². The number of azo groups is 1. The highest BCUT2D eigenvalue weighted by Crippen LogP contribution is 2.46. The van der Waals surface area contributed by atoms with E-state index in [9.17, 15) is 4.79 Å². The van der Waals surface area contributed by atoms with Crippen LogP contribution < -0.4 is 4.90 Å². The number of fused-ring (bicyclic) bond motifs is 1. The highest BCUT2D eigenvalue weighted by atomic mass is 16.1. The third-order valence-corrected chi connectivity index (χ3v) is 5.47. The van der Waals surface area contributed by atoms with Crippen LogP contribution in [-0.2, 0) is 5.41 Å². The molecule has 0 saturated carbocycles. The molecule has 0 radical (unpaired) electrons. The molecule has 3 aromatic carbocycles. The van der Waals surface area contributed by atoms with Gasteiger partial charge < -0.3 is 4.90 Å². The average molecular weight is 381 g/mol. The van der Waals surface area contributed by atoms with E-state index in [-0.39, 0.29) is 11.2 Å². The Morgan fingerprint density at radius 2 is 1.55 bits per heavy atom. The first-order chi connectivity index (χ1) is 14.0. The van der Waals surface area contributed by atoms with E-state index in [1.807, 2.05) is 61.6 Å². The van der Waals surface area contributed by atoms with Crippen LogP contribution in [0, 0.1) is 0 Å². The normalized spacial score (nSPS) is 16.4. The molecule has 0 spiro atoms. The maximum absolute atomic E-state index is 12.9. The average Bonchev–Trinajstić information content (AvgIpc) is 2.95. The monoisotopic (exact) mass is 381 g/mol. The van der Waals surface area contributed by atoms with Gasteiger partial charge in [0, 0.05) is 29.4 Å². The molecule has 0 bridgehead atoms. The second kappa shape index (κ2) is 7.47. The van der Waals surface area contributed by atoms with Crippen LogP contribution in [0.25, 0.3) is 0 Å². The van der Waals surface area contributed by atoms with Gasteiger partial charge >= 0.3 is 0 Å². The van der Waals surface area contributed by atoms with Crippen molar-refractivity contribution in [1.82, 2.24) is 0 Å². The number of hydrogen-bond donors (Lipinski definition) is 0. The molecule has 3 aromatic rings. The highest BCUT2D eigenvalue weighted by Gasteiger charge is 2.38. The maximum atomic E-state index is 12.9. The molecule has 1 heterocycles. The summed E-state index contributed by atoms with van der Waals surface area (Å²) in [7, 11) is 2.04. The fourth-order valence-corrected chi connectivity index (χ4v) is 3.87. The van der Waals surface area contributed by atoms with E-state index in [4.69, 9.17) is 0 Å². The minimum Gasteiger partial charge on any atom is -0.346 e. The second-order valence-corrected chi connectivity index (χ2v) is 7.64. The van der Waals surface area contributed by atoms with Gasteiger partial charge in [-0.3, -0.25) is 4.79 Å². The summed E-state index contributed by atoms with van der Waals surface area (Å²) >= 11 is 0. The Labute approximate surface area is 171 Å². The summed E-state index contributed by atoms with van der Waals surface area (Å²) in [5.41, 5.74) is 5.10. The van der Waals surface area contributed by atoms with E-state index in [1.54, 1.807) is 12.3 Å². The number of carbonyl (C=O) groups is 1. The molecule has 0 aliphatic carbocycles. The lowest BCUT2D eigenvalue weighted by molar-refractivity contribution is 0.103. The number of para-hydroxylation sites is 1. The first kappa shape index (κ1) is 18.8. The van der Waals surface area contributed by atoms with Gasteiger partial charge in [0.05, 0.1) is 17.5 Å². The molecule has 0 amide bonds. The molecular formula is C25H23N3O. The number of hydrogen-bond acceptors (Lipinski definition) is 4. The van der Waals surface area contributed by atoms with E-state index in [0.717, 1.165) is 5.70 Å². The summed E-state index contributed by atoms with van der Waals surface area (Å²) < 4.78 is 0. The van der Waals surface area contributed by atoms with E-state index in [0.29, 0.717) is 16.8 Å². The van der Waals surface area contributed by atoms with Crippen molar-refractivity contribution in [3.63, 3.8) is 0 Å². The lowest BCUT2D eigenvalue weighted by Gasteiger charge is -2.22. The largest absolute Gasteiger partial charge is 0.346 e. The minimum atomic E-state index is -0.163. The summed E-state index contributed by atoms with van der Waals surface area (Å²) in [5, 5.41) is 8.74. The summed E-state index contributed by atoms with van der Waals surface area (Å²) in [4.78, 5) is 15.0. The molecule has 0 saturated heterocycles. The highest BCUT2D eigenvalue weighted by molar-refractivity contribution is 6.11. The maximum Gasteiger partial charge on any atom is 0.195 e. The number of likely N-dealkylation sites (N-methyl/N-ethyl adjacent to an activating group) is 1. The topological polar surface area (TPSA) is 45.0 Å². The molecule has 4 nitrogen and oxygen atoms in total. The van der Waals surface area contributed by atoms with Crippen LogP contribution in [0.5, 0.6) is 0 Å².